The quantitative estimate of drug-likeness (QED) is 0.566. The fourth-order valence-corrected chi connectivity index (χ4v) is 1.19. The predicted octanol–water partition coefficient (Wildman–Crippen LogP) is 2.23. The van der Waals surface area contributed by atoms with Gasteiger partial charge in [-0.15, -0.1) is 0 Å². The van der Waals surface area contributed by atoms with Gasteiger partial charge in [0.1, 0.15) is 0 Å². The van der Waals surface area contributed by atoms with E-state index in [4.69, 9.17) is 4.74 Å². The van der Waals surface area contributed by atoms with Crippen molar-refractivity contribution >= 4 is 0 Å². The van der Waals surface area contributed by atoms with E-state index in [2.05, 4.69) is 0 Å². The zero-order valence-electron chi connectivity index (χ0n) is 6.52. The van der Waals surface area contributed by atoms with Crippen LogP contribution in [0.15, 0.2) is 12.2 Å². The molecule has 0 radical (unpaired) electrons. The maximum absolute atomic E-state index is 12.5. The minimum absolute atomic E-state index is 0.0441. The third kappa shape index (κ3) is 2.58. The summed E-state index contributed by atoms with van der Waals surface area (Å²) in [6, 6.07) is 0. The highest BCUT2D eigenvalue weighted by Gasteiger charge is 2.29. The molecule has 1 rings (SSSR count). The molecule has 0 spiro atoms. The number of allylic oxidation sites excluding steroid dienone is 1. The van der Waals surface area contributed by atoms with E-state index in [1.807, 2.05) is 0 Å². The van der Waals surface area contributed by atoms with Gasteiger partial charge in [-0.2, -0.15) is 0 Å². The number of ether oxygens (including phenoxy) is 1. The molecule has 0 saturated carbocycles. The van der Waals surface area contributed by atoms with Crippen molar-refractivity contribution in [2.24, 2.45) is 5.92 Å². The lowest BCUT2D eigenvalue weighted by Crippen LogP contribution is -2.21. The Balaban J connectivity index is 2.43. The van der Waals surface area contributed by atoms with Crippen molar-refractivity contribution in [2.75, 3.05) is 13.7 Å². The van der Waals surface area contributed by atoms with Crippen LogP contribution in [0.4, 0.5) is 8.78 Å². The SMILES string of the molecule is COCC1C=CC(F)(F)CC1. The first-order chi connectivity index (χ1) is 5.14. The fraction of sp³-hybridized carbons (Fsp3) is 0.750. The Kier molecular flexibility index (Phi) is 2.60. The van der Waals surface area contributed by atoms with Crippen LogP contribution < -0.4 is 0 Å². The van der Waals surface area contributed by atoms with Crippen LogP contribution in [-0.2, 0) is 4.74 Å². The van der Waals surface area contributed by atoms with Gasteiger partial charge < -0.3 is 4.74 Å². The van der Waals surface area contributed by atoms with Crippen LogP contribution in [0.1, 0.15) is 12.8 Å². The normalized spacial score (nSPS) is 28.8. The van der Waals surface area contributed by atoms with Crippen molar-refractivity contribution in [1.82, 2.24) is 0 Å². The number of alkyl halides is 2. The summed E-state index contributed by atoms with van der Waals surface area (Å²) in [4.78, 5) is 0. The first kappa shape index (κ1) is 8.65. The van der Waals surface area contributed by atoms with Crippen molar-refractivity contribution in [3.8, 4) is 0 Å². The molecule has 0 aromatic heterocycles. The highest BCUT2D eigenvalue weighted by atomic mass is 19.3. The smallest absolute Gasteiger partial charge is 0.266 e. The van der Waals surface area contributed by atoms with Crippen LogP contribution in [0.2, 0.25) is 0 Å². The highest BCUT2D eigenvalue weighted by molar-refractivity contribution is 5.02. The molecule has 1 aliphatic carbocycles. The predicted molar refractivity (Wildman–Crippen MR) is 38.7 cm³/mol. The lowest BCUT2D eigenvalue weighted by Gasteiger charge is -2.21. The van der Waals surface area contributed by atoms with Crippen LogP contribution in [0.25, 0.3) is 0 Å². The molecule has 0 aromatic rings. The molecule has 0 fully saturated rings. The molecular weight excluding hydrogens is 150 g/mol. The lowest BCUT2D eigenvalue weighted by molar-refractivity contribution is 0.0270. The van der Waals surface area contributed by atoms with E-state index in [1.165, 1.54) is 0 Å². The van der Waals surface area contributed by atoms with E-state index < -0.39 is 5.92 Å². The average molecular weight is 162 g/mol. The van der Waals surface area contributed by atoms with Gasteiger partial charge in [0.05, 0.1) is 6.61 Å². The second-order valence-electron chi connectivity index (χ2n) is 2.87. The molecule has 0 aromatic carbocycles. The molecule has 1 nitrogen and oxygen atoms in total. The van der Waals surface area contributed by atoms with E-state index in [0.29, 0.717) is 13.0 Å². The molecule has 1 unspecified atom stereocenters. The molecule has 0 N–H and O–H groups in total. The topological polar surface area (TPSA) is 9.23 Å². The Labute approximate surface area is 65.0 Å². The van der Waals surface area contributed by atoms with Crippen LogP contribution in [-0.4, -0.2) is 19.6 Å². The Hall–Kier alpha value is -0.440. The monoisotopic (exact) mass is 162 g/mol. The third-order valence-corrected chi connectivity index (χ3v) is 1.84. The van der Waals surface area contributed by atoms with E-state index in [9.17, 15) is 8.78 Å². The molecule has 0 saturated heterocycles. The Morgan fingerprint density at radius 3 is 2.82 bits per heavy atom. The number of rotatable bonds is 2. The molecule has 64 valence electrons. The van der Waals surface area contributed by atoms with Gasteiger partial charge in [-0.25, -0.2) is 8.78 Å². The molecule has 3 heteroatoms. The van der Waals surface area contributed by atoms with Gasteiger partial charge >= 0.3 is 0 Å². The van der Waals surface area contributed by atoms with E-state index in [-0.39, 0.29) is 12.3 Å². The molecule has 1 aliphatic rings. The molecule has 11 heavy (non-hydrogen) atoms. The molecule has 0 aliphatic heterocycles. The Bertz CT molecular complexity index is 154. The molecule has 0 bridgehead atoms. The first-order valence-electron chi connectivity index (χ1n) is 3.70. The summed E-state index contributed by atoms with van der Waals surface area (Å²) in [5.41, 5.74) is 0. The van der Waals surface area contributed by atoms with Gasteiger partial charge in [0.15, 0.2) is 0 Å². The molecule has 1 atom stereocenters. The molecule has 0 heterocycles. The summed E-state index contributed by atoms with van der Waals surface area (Å²) in [6.07, 6.45) is 3.02. The van der Waals surface area contributed by atoms with Crippen molar-refractivity contribution in [3.63, 3.8) is 0 Å². The van der Waals surface area contributed by atoms with Gasteiger partial charge in [0.2, 0.25) is 0 Å². The van der Waals surface area contributed by atoms with Crippen LogP contribution in [0, 0.1) is 5.92 Å². The number of hydrogen-bond acceptors (Lipinski definition) is 1. The van der Waals surface area contributed by atoms with Gasteiger partial charge in [0, 0.05) is 19.4 Å². The lowest BCUT2D eigenvalue weighted by atomic mass is 9.94. The van der Waals surface area contributed by atoms with Crippen molar-refractivity contribution in [1.29, 1.82) is 0 Å². The van der Waals surface area contributed by atoms with E-state index in [0.717, 1.165) is 6.08 Å². The van der Waals surface area contributed by atoms with Crippen molar-refractivity contribution in [2.45, 2.75) is 18.8 Å². The minimum Gasteiger partial charge on any atom is -0.384 e. The number of halogens is 2. The Morgan fingerprint density at radius 1 is 1.64 bits per heavy atom. The first-order valence-corrected chi connectivity index (χ1v) is 3.70. The summed E-state index contributed by atoms with van der Waals surface area (Å²) < 4.78 is 29.8. The fourth-order valence-electron chi connectivity index (χ4n) is 1.19. The molecular formula is C8H12F2O. The minimum atomic E-state index is -2.58. The second kappa shape index (κ2) is 3.30. The van der Waals surface area contributed by atoms with Crippen LogP contribution >= 0.6 is 0 Å². The largest absolute Gasteiger partial charge is 0.384 e. The van der Waals surface area contributed by atoms with Gasteiger partial charge in [0.25, 0.3) is 5.92 Å². The highest BCUT2D eigenvalue weighted by Crippen LogP contribution is 2.30. The van der Waals surface area contributed by atoms with Gasteiger partial charge in [-0.05, 0) is 12.5 Å². The molecule has 0 amide bonds. The average Bonchev–Trinajstić information content (AvgIpc) is 1.94. The number of hydrogen-bond donors (Lipinski definition) is 0. The summed E-state index contributed by atoms with van der Waals surface area (Å²) in [7, 11) is 1.58. The van der Waals surface area contributed by atoms with Crippen molar-refractivity contribution in [3.05, 3.63) is 12.2 Å². The zero-order valence-corrected chi connectivity index (χ0v) is 6.52. The van der Waals surface area contributed by atoms with E-state index in [1.54, 1.807) is 13.2 Å². The summed E-state index contributed by atoms with van der Waals surface area (Å²) in [6.45, 7) is 0.548. The van der Waals surface area contributed by atoms with E-state index >= 15 is 0 Å². The Morgan fingerprint density at radius 2 is 2.36 bits per heavy atom. The second-order valence-corrected chi connectivity index (χ2v) is 2.87. The van der Waals surface area contributed by atoms with Crippen LogP contribution in [0.5, 0.6) is 0 Å². The van der Waals surface area contributed by atoms with Crippen molar-refractivity contribution < 1.29 is 13.5 Å². The summed E-state index contributed by atoms with van der Waals surface area (Å²) >= 11 is 0. The summed E-state index contributed by atoms with van der Waals surface area (Å²) in [5, 5.41) is 0. The zero-order chi connectivity index (χ0) is 8.32. The standard InChI is InChI=1S/C8H12F2O/c1-11-6-7-2-4-8(9,10)5-3-7/h2,4,7H,3,5-6H2,1H3. The third-order valence-electron chi connectivity index (χ3n) is 1.84. The van der Waals surface area contributed by atoms with Crippen LogP contribution in [0.3, 0.4) is 0 Å². The van der Waals surface area contributed by atoms with Gasteiger partial charge in [-0.1, -0.05) is 6.08 Å². The maximum Gasteiger partial charge on any atom is 0.266 e. The summed E-state index contributed by atoms with van der Waals surface area (Å²) in [5.74, 6) is -2.40. The van der Waals surface area contributed by atoms with Gasteiger partial charge in [-0.3, -0.25) is 0 Å². The maximum atomic E-state index is 12.5. The number of methoxy groups -OCH3 is 1.